The smallest absolute Gasteiger partial charge is 0.266 e. The lowest BCUT2D eigenvalue weighted by molar-refractivity contribution is -0.112. The van der Waals surface area contributed by atoms with E-state index in [-0.39, 0.29) is 5.57 Å². The second kappa shape index (κ2) is 8.43. The Morgan fingerprint density at radius 2 is 1.84 bits per heavy atom. The Labute approximate surface area is 155 Å². The minimum absolute atomic E-state index is 0.0850. The fourth-order valence-corrected chi connectivity index (χ4v) is 2.49. The lowest BCUT2D eigenvalue weighted by Gasteiger charge is -2.10. The second-order valence-corrected chi connectivity index (χ2v) is 5.71. The van der Waals surface area contributed by atoms with Crippen LogP contribution in [-0.4, -0.2) is 20.1 Å². The third kappa shape index (κ3) is 4.66. The zero-order valence-corrected chi connectivity index (χ0v) is 15.0. The number of rotatable bonds is 5. The van der Waals surface area contributed by atoms with Crippen LogP contribution in [0.3, 0.4) is 0 Å². The van der Waals surface area contributed by atoms with Crippen LogP contribution in [0.5, 0.6) is 11.5 Å². The number of hydrogen-bond donors (Lipinski definition) is 1. The summed E-state index contributed by atoms with van der Waals surface area (Å²) >= 11 is 11.9. The van der Waals surface area contributed by atoms with E-state index in [1.165, 1.54) is 20.3 Å². The van der Waals surface area contributed by atoms with Crippen molar-refractivity contribution >= 4 is 40.9 Å². The first kappa shape index (κ1) is 18.7. The minimum Gasteiger partial charge on any atom is -0.493 e. The predicted octanol–water partition coefficient (Wildman–Crippen LogP) is 4.56. The van der Waals surface area contributed by atoms with Crippen LogP contribution in [0.2, 0.25) is 10.0 Å². The molecule has 0 saturated heterocycles. The maximum absolute atomic E-state index is 12.3. The van der Waals surface area contributed by atoms with Gasteiger partial charge in [-0.1, -0.05) is 23.2 Å². The first-order chi connectivity index (χ1) is 12.0. The molecular weight excluding hydrogens is 363 g/mol. The van der Waals surface area contributed by atoms with Crippen LogP contribution in [-0.2, 0) is 4.79 Å². The topological polar surface area (TPSA) is 71.3 Å². The Kier molecular flexibility index (Phi) is 6.29. The van der Waals surface area contributed by atoms with Crippen molar-refractivity contribution in [3.05, 3.63) is 57.6 Å². The van der Waals surface area contributed by atoms with Crippen LogP contribution >= 0.6 is 23.2 Å². The summed E-state index contributed by atoms with van der Waals surface area (Å²) in [5.74, 6) is 0.234. The third-order valence-corrected chi connectivity index (χ3v) is 3.77. The molecule has 0 saturated carbocycles. The summed E-state index contributed by atoms with van der Waals surface area (Å²) in [4.78, 5) is 12.3. The number of hydrogen-bond acceptors (Lipinski definition) is 4. The molecule has 0 aliphatic rings. The fraction of sp³-hybridized carbons (Fsp3) is 0.111. The quantitative estimate of drug-likeness (QED) is 0.613. The lowest BCUT2D eigenvalue weighted by Crippen LogP contribution is -2.13. The van der Waals surface area contributed by atoms with E-state index in [9.17, 15) is 10.1 Å². The molecule has 0 heterocycles. The van der Waals surface area contributed by atoms with E-state index in [1.807, 2.05) is 6.07 Å². The molecule has 0 aliphatic carbocycles. The first-order valence-corrected chi connectivity index (χ1v) is 7.84. The van der Waals surface area contributed by atoms with Crippen molar-refractivity contribution in [3.8, 4) is 17.6 Å². The summed E-state index contributed by atoms with van der Waals surface area (Å²) in [6.45, 7) is 0. The van der Waals surface area contributed by atoms with Gasteiger partial charge in [0.1, 0.15) is 11.6 Å². The molecule has 0 unspecified atom stereocenters. The Morgan fingerprint density at radius 3 is 2.40 bits per heavy atom. The second-order valence-electron chi connectivity index (χ2n) is 4.87. The number of ether oxygens (including phenoxy) is 2. The van der Waals surface area contributed by atoms with Crippen molar-refractivity contribution in [1.29, 1.82) is 5.26 Å². The van der Waals surface area contributed by atoms with Gasteiger partial charge in [-0.2, -0.15) is 5.26 Å². The summed E-state index contributed by atoms with van der Waals surface area (Å²) in [5, 5.41) is 12.8. The predicted molar refractivity (Wildman–Crippen MR) is 98.2 cm³/mol. The molecule has 1 N–H and O–H groups in total. The number of carbonyl (C=O) groups is 1. The number of amides is 1. The van der Waals surface area contributed by atoms with E-state index in [0.717, 1.165) is 0 Å². The number of anilines is 1. The molecule has 0 bridgehead atoms. The average Bonchev–Trinajstić information content (AvgIpc) is 2.60. The Hall–Kier alpha value is -2.68. The van der Waals surface area contributed by atoms with E-state index in [2.05, 4.69) is 5.32 Å². The van der Waals surface area contributed by atoms with Gasteiger partial charge in [-0.25, -0.2) is 0 Å². The van der Waals surface area contributed by atoms with Crippen LogP contribution in [0.25, 0.3) is 6.08 Å². The van der Waals surface area contributed by atoms with Crippen LogP contribution in [0.15, 0.2) is 42.0 Å². The highest BCUT2D eigenvalue weighted by Gasteiger charge is 2.13. The van der Waals surface area contributed by atoms with Crippen molar-refractivity contribution in [3.63, 3.8) is 0 Å². The van der Waals surface area contributed by atoms with Gasteiger partial charge in [0.2, 0.25) is 0 Å². The molecule has 0 aliphatic heterocycles. The minimum atomic E-state index is -0.546. The van der Waals surface area contributed by atoms with Gasteiger partial charge in [0.25, 0.3) is 5.91 Å². The number of nitrogens with one attached hydrogen (secondary N) is 1. The van der Waals surface area contributed by atoms with E-state index in [0.29, 0.717) is 32.8 Å². The summed E-state index contributed by atoms with van der Waals surface area (Å²) in [6, 6.07) is 11.6. The van der Waals surface area contributed by atoms with Crippen LogP contribution in [0.1, 0.15) is 5.56 Å². The molecule has 7 heteroatoms. The number of nitrogens with zero attached hydrogens (tertiary/aromatic N) is 1. The number of carbonyl (C=O) groups excluding carboxylic acids is 1. The molecular formula is C18H14Cl2N2O3. The molecule has 1 amide bonds. The summed E-state index contributed by atoms with van der Waals surface area (Å²) in [5.41, 5.74) is 0.976. The normalized spacial score (nSPS) is 10.8. The standard InChI is InChI=1S/C18H14Cl2N2O3/c1-24-16-9-11(8-15(20)17(16)25-2)7-12(10-21)18(23)22-14-5-3-13(19)4-6-14/h3-9H,1-2H3,(H,22,23). The zero-order chi connectivity index (χ0) is 18.4. The highest BCUT2D eigenvalue weighted by molar-refractivity contribution is 6.32. The maximum Gasteiger partial charge on any atom is 0.266 e. The van der Waals surface area contributed by atoms with Gasteiger partial charge in [-0.15, -0.1) is 0 Å². The molecule has 0 spiro atoms. The average molecular weight is 377 g/mol. The fourth-order valence-electron chi connectivity index (χ4n) is 2.07. The summed E-state index contributed by atoms with van der Waals surface area (Å²) in [7, 11) is 2.94. The van der Waals surface area contributed by atoms with E-state index in [4.69, 9.17) is 32.7 Å². The van der Waals surface area contributed by atoms with Crippen molar-refractivity contribution < 1.29 is 14.3 Å². The van der Waals surface area contributed by atoms with Crippen molar-refractivity contribution in [2.45, 2.75) is 0 Å². The van der Waals surface area contributed by atoms with E-state index < -0.39 is 5.91 Å². The Balaban J connectivity index is 2.30. The van der Waals surface area contributed by atoms with Gasteiger partial charge in [0.15, 0.2) is 11.5 Å². The van der Waals surface area contributed by atoms with Crippen LogP contribution in [0.4, 0.5) is 5.69 Å². The molecule has 128 valence electrons. The highest BCUT2D eigenvalue weighted by atomic mass is 35.5. The molecule has 0 fully saturated rings. The van der Waals surface area contributed by atoms with Gasteiger partial charge in [-0.3, -0.25) is 4.79 Å². The molecule has 2 aromatic rings. The largest absolute Gasteiger partial charge is 0.493 e. The molecule has 2 aromatic carbocycles. The van der Waals surface area contributed by atoms with Crippen molar-refractivity contribution in [2.24, 2.45) is 0 Å². The number of nitriles is 1. The van der Waals surface area contributed by atoms with Gasteiger partial charge < -0.3 is 14.8 Å². The molecule has 0 atom stereocenters. The van der Waals surface area contributed by atoms with E-state index in [1.54, 1.807) is 36.4 Å². The Morgan fingerprint density at radius 1 is 1.16 bits per heavy atom. The SMILES string of the molecule is COc1cc(C=C(C#N)C(=O)Nc2ccc(Cl)cc2)cc(Cl)c1OC. The van der Waals surface area contributed by atoms with Gasteiger partial charge in [0.05, 0.1) is 19.2 Å². The molecule has 0 aromatic heterocycles. The van der Waals surface area contributed by atoms with Crippen LogP contribution in [0, 0.1) is 11.3 Å². The van der Waals surface area contributed by atoms with E-state index >= 15 is 0 Å². The summed E-state index contributed by atoms with van der Waals surface area (Å²) < 4.78 is 10.4. The van der Waals surface area contributed by atoms with Crippen molar-refractivity contribution in [2.75, 3.05) is 19.5 Å². The monoisotopic (exact) mass is 376 g/mol. The summed E-state index contributed by atoms with van der Waals surface area (Å²) in [6.07, 6.45) is 1.42. The number of benzene rings is 2. The molecule has 25 heavy (non-hydrogen) atoms. The van der Waals surface area contributed by atoms with Gasteiger partial charge >= 0.3 is 0 Å². The van der Waals surface area contributed by atoms with Gasteiger partial charge in [0, 0.05) is 10.7 Å². The first-order valence-electron chi connectivity index (χ1n) is 7.08. The molecule has 2 rings (SSSR count). The Bertz CT molecular complexity index is 856. The maximum atomic E-state index is 12.3. The zero-order valence-electron chi connectivity index (χ0n) is 13.5. The van der Waals surface area contributed by atoms with Crippen molar-refractivity contribution in [1.82, 2.24) is 0 Å². The third-order valence-electron chi connectivity index (χ3n) is 3.23. The molecule has 0 radical (unpaired) electrons. The number of methoxy groups -OCH3 is 2. The number of halogens is 2. The molecule has 5 nitrogen and oxygen atoms in total. The highest BCUT2D eigenvalue weighted by Crippen LogP contribution is 2.36. The van der Waals surface area contributed by atoms with Crippen LogP contribution < -0.4 is 14.8 Å². The lowest BCUT2D eigenvalue weighted by atomic mass is 10.1. The van der Waals surface area contributed by atoms with Gasteiger partial charge in [-0.05, 0) is 48.0 Å².